The van der Waals surface area contributed by atoms with Crippen molar-refractivity contribution in [2.75, 3.05) is 26.9 Å². The summed E-state index contributed by atoms with van der Waals surface area (Å²) >= 11 is 0. The molecule has 7 heteroatoms. The largest absolute Gasteiger partial charge is 0.493 e. The molecule has 31 heavy (non-hydrogen) atoms. The average Bonchev–Trinajstić information content (AvgIpc) is 2.76. The van der Waals surface area contributed by atoms with Crippen molar-refractivity contribution in [3.63, 3.8) is 0 Å². The Balaban J connectivity index is 1.60. The fourth-order valence-corrected chi connectivity index (χ4v) is 2.95. The van der Waals surface area contributed by atoms with E-state index in [0.29, 0.717) is 31.4 Å². The molecule has 0 radical (unpaired) electrons. The van der Waals surface area contributed by atoms with Gasteiger partial charge in [-0.2, -0.15) is 0 Å². The number of allylic oxidation sites excluding steroid dienone is 1. The Bertz CT molecular complexity index is 812. The zero-order valence-corrected chi connectivity index (χ0v) is 19.0. The first-order chi connectivity index (χ1) is 15.1. The Hall–Kier alpha value is -3.09. The van der Waals surface area contributed by atoms with Crippen LogP contribution in [0.4, 0.5) is 0 Å². The first-order valence-corrected chi connectivity index (χ1v) is 10.6. The Morgan fingerprint density at radius 3 is 2.23 bits per heavy atom. The maximum Gasteiger partial charge on any atom is 0.233 e. The Labute approximate surface area is 185 Å². The number of oxime groups is 1. The highest BCUT2D eigenvalue weighted by Gasteiger charge is 2.07. The quantitative estimate of drug-likeness (QED) is 0.182. The minimum atomic E-state index is 0.516. The lowest BCUT2D eigenvalue weighted by Crippen LogP contribution is -2.03. The van der Waals surface area contributed by atoms with Gasteiger partial charge in [0.1, 0.15) is 30.9 Å². The minimum Gasteiger partial charge on any atom is -0.493 e. The molecule has 0 aliphatic heterocycles. The normalized spacial score (nSPS) is 11.2. The van der Waals surface area contributed by atoms with Crippen LogP contribution in [0.3, 0.4) is 0 Å². The van der Waals surface area contributed by atoms with E-state index in [1.807, 2.05) is 31.2 Å². The first kappa shape index (κ1) is 24.2. The fraction of sp³-hybridized carbons (Fsp3) is 0.458. The molecule has 0 aliphatic rings. The molecule has 7 nitrogen and oxygen atoms in total. The number of aryl methyl sites for hydroxylation is 2. The first-order valence-electron chi connectivity index (χ1n) is 10.6. The number of nitrogens with zero attached hydrogens (tertiary/aromatic N) is 3. The van der Waals surface area contributed by atoms with Crippen molar-refractivity contribution in [1.29, 1.82) is 0 Å². The molecule has 0 spiro atoms. The van der Waals surface area contributed by atoms with Crippen LogP contribution in [0.15, 0.2) is 41.6 Å². The van der Waals surface area contributed by atoms with E-state index in [2.05, 4.69) is 34.0 Å². The van der Waals surface area contributed by atoms with Crippen molar-refractivity contribution in [2.45, 2.75) is 46.5 Å². The maximum atomic E-state index is 6.02. The van der Waals surface area contributed by atoms with Gasteiger partial charge in [-0.05, 0) is 75.8 Å². The summed E-state index contributed by atoms with van der Waals surface area (Å²) in [5.41, 5.74) is 2.82. The summed E-state index contributed by atoms with van der Waals surface area (Å²) in [6.07, 6.45) is 9.60. The number of rotatable bonds is 14. The van der Waals surface area contributed by atoms with Crippen molar-refractivity contribution in [1.82, 2.24) is 10.2 Å². The topological polar surface area (TPSA) is 75.1 Å². The van der Waals surface area contributed by atoms with Gasteiger partial charge in [0.2, 0.25) is 5.88 Å². The van der Waals surface area contributed by atoms with E-state index in [4.69, 9.17) is 14.2 Å². The predicted octanol–water partition coefficient (Wildman–Crippen LogP) is 5.05. The standard InChI is InChI=1S/C24H33N3O4/c1-5-6-13-29-22-16-19(2)24(20(3)17-22)31-15-10-8-7-9-14-30-23-12-11-21(26-27-23)18-25-28-4/h5-6,11-12,16-18H,7-10,13-15H2,1-4H3/b6-5+,25-18+. The number of ether oxygens (including phenoxy) is 3. The van der Waals surface area contributed by atoms with Gasteiger partial charge in [0, 0.05) is 6.07 Å². The smallest absolute Gasteiger partial charge is 0.233 e. The van der Waals surface area contributed by atoms with Gasteiger partial charge in [-0.25, -0.2) is 0 Å². The van der Waals surface area contributed by atoms with E-state index in [1.165, 1.54) is 13.3 Å². The van der Waals surface area contributed by atoms with Crippen LogP contribution in [-0.4, -0.2) is 43.3 Å². The second kappa shape index (κ2) is 14.0. The van der Waals surface area contributed by atoms with E-state index in [0.717, 1.165) is 48.3 Å². The third kappa shape index (κ3) is 9.07. The third-order valence-electron chi connectivity index (χ3n) is 4.50. The average molecular weight is 428 g/mol. The number of unbranched alkanes of at least 4 members (excludes halogenated alkanes) is 3. The van der Waals surface area contributed by atoms with E-state index >= 15 is 0 Å². The second-order valence-corrected chi connectivity index (χ2v) is 7.09. The summed E-state index contributed by atoms with van der Waals surface area (Å²) in [7, 11) is 1.48. The molecule has 1 heterocycles. The molecule has 0 bridgehead atoms. The van der Waals surface area contributed by atoms with Crippen molar-refractivity contribution in [2.24, 2.45) is 5.16 Å². The van der Waals surface area contributed by atoms with E-state index in [9.17, 15) is 0 Å². The molecule has 1 aromatic heterocycles. The zero-order valence-electron chi connectivity index (χ0n) is 19.0. The van der Waals surface area contributed by atoms with E-state index in [-0.39, 0.29) is 0 Å². The van der Waals surface area contributed by atoms with E-state index < -0.39 is 0 Å². The SMILES string of the molecule is C/C=C/COc1cc(C)c(OCCCCCCOc2ccc(/C=N/OC)nn2)c(C)c1. The van der Waals surface area contributed by atoms with Gasteiger partial charge in [0.15, 0.2) is 0 Å². The Kier molecular flexibility index (Phi) is 10.9. The number of aromatic nitrogens is 2. The highest BCUT2D eigenvalue weighted by atomic mass is 16.6. The van der Waals surface area contributed by atoms with Crippen LogP contribution in [0.5, 0.6) is 17.4 Å². The van der Waals surface area contributed by atoms with Crippen LogP contribution in [0, 0.1) is 13.8 Å². The Morgan fingerprint density at radius 2 is 1.61 bits per heavy atom. The summed E-state index contributed by atoms with van der Waals surface area (Å²) < 4.78 is 17.4. The summed E-state index contributed by atoms with van der Waals surface area (Å²) in [4.78, 5) is 4.61. The van der Waals surface area contributed by atoms with Crippen molar-refractivity contribution >= 4 is 6.21 Å². The third-order valence-corrected chi connectivity index (χ3v) is 4.50. The monoisotopic (exact) mass is 427 g/mol. The van der Waals surface area contributed by atoms with Gasteiger partial charge in [-0.15, -0.1) is 10.2 Å². The van der Waals surface area contributed by atoms with Gasteiger partial charge in [-0.3, -0.25) is 0 Å². The van der Waals surface area contributed by atoms with Crippen LogP contribution in [0.1, 0.15) is 49.4 Å². The molecule has 0 amide bonds. The molecule has 0 unspecified atom stereocenters. The molecule has 0 saturated carbocycles. The van der Waals surface area contributed by atoms with E-state index in [1.54, 1.807) is 12.1 Å². The molecule has 168 valence electrons. The molecule has 0 aliphatic carbocycles. The number of benzene rings is 1. The molecule has 0 atom stereocenters. The number of hydrogen-bond acceptors (Lipinski definition) is 7. The molecule has 2 rings (SSSR count). The molecule has 1 aromatic carbocycles. The van der Waals surface area contributed by atoms with Gasteiger partial charge >= 0.3 is 0 Å². The van der Waals surface area contributed by atoms with Crippen LogP contribution < -0.4 is 14.2 Å². The lowest BCUT2D eigenvalue weighted by atomic mass is 10.1. The molecule has 0 saturated heterocycles. The van der Waals surface area contributed by atoms with Gasteiger partial charge < -0.3 is 19.0 Å². The molecular weight excluding hydrogens is 394 g/mol. The molecule has 2 aromatic rings. The Morgan fingerprint density at radius 1 is 0.903 bits per heavy atom. The summed E-state index contributed by atoms with van der Waals surface area (Å²) in [6, 6.07) is 7.62. The number of hydrogen-bond donors (Lipinski definition) is 0. The summed E-state index contributed by atoms with van der Waals surface area (Å²) in [6.45, 7) is 8.01. The van der Waals surface area contributed by atoms with Gasteiger partial charge in [0.25, 0.3) is 0 Å². The zero-order chi connectivity index (χ0) is 22.3. The molecule has 0 fully saturated rings. The fourth-order valence-electron chi connectivity index (χ4n) is 2.95. The van der Waals surface area contributed by atoms with Gasteiger partial charge in [0.05, 0.1) is 19.4 Å². The summed E-state index contributed by atoms with van der Waals surface area (Å²) in [5.74, 6) is 2.35. The van der Waals surface area contributed by atoms with Crippen molar-refractivity contribution in [3.05, 3.63) is 53.2 Å². The van der Waals surface area contributed by atoms with Crippen molar-refractivity contribution in [3.8, 4) is 17.4 Å². The van der Waals surface area contributed by atoms with Crippen LogP contribution >= 0.6 is 0 Å². The van der Waals surface area contributed by atoms with Gasteiger partial charge in [-0.1, -0.05) is 17.3 Å². The van der Waals surface area contributed by atoms with Crippen LogP contribution in [0.2, 0.25) is 0 Å². The highest BCUT2D eigenvalue weighted by molar-refractivity contribution is 5.75. The molecule has 0 N–H and O–H groups in total. The lowest BCUT2D eigenvalue weighted by molar-refractivity contribution is 0.215. The second-order valence-electron chi connectivity index (χ2n) is 7.09. The lowest BCUT2D eigenvalue weighted by Gasteiger charge is -2.14. The highest BCUT2D eigenvalue weighted by Crippen LogP contribution is 2.28. The minimum absolute atomic E-state index is 0.516. The predicted molar refractivity (Wildman–Crippen MR) is 122 cm³/mol. The van der Waals surface area contributed by atoms with Crippen molar-refractivity contribution < 1.29 is 19.0 Å². The summed E-state index contributed by atoms with van der Waals surface area (Å²) in [5, 5.41) is 11.6. The molecular formula is C24H33N3O4. The maximum absolute atomic E-state index is 6.02. The van der Waals surface area contributed by atoms with Crippen LogP contribution in [0.25, 0.3) is 0 Å². The van der Waals surface area contributed by atoms with Crippen LogP contribution in [-0.2, 0) is 4.84 Å².